The molecule has 3 aliphatic rings. The van der Waals surface area contributed by atoms with Crippen LogP contribution in [-0.4, -0.2) is 54.6 Å². The van der Waals surface area contributed by atoms with Gasteiger partial charge in [0.15, 0.2) is 0 Å². The summed E-state index contributed by atoms with van der Waals surface area (Å²) in [5.74, 6) is 0.785. The number of hydrogen-bond acceptors (Lipinski definition) is 3. The maximum atomic E-state index is 6.17. The molecule has 2 N–H and O–H groups in total. The molecule has 3 nitrogen and oxygen atoms in total. The van der Waals surface area contributed by atoms with E-state index in [0.29, 0.717) is 6.04 Å². The third kappa shape index (κ3) is 2.13. The van der Waals surface area contributed by atoms with Crippen LogP contribution < -0.4 is 5.73 Å². The van der Waals surface area contributed by atoms with E-state index in [1.807, 2.05) is 0 Å². The Labute approximate surface area is 99.0 Å². The van der Waals surface area contributed by atoms with Gasteiger partial charge in [-0.1, -0.05) is 6.42 Å². The van der Waals surface area contributed by atoms with Gasteiger partial charge in [0.1, 0.15) is 0 Å². The molecule has 92 valence electrons. The summed E-state index contributed by atoms with van der Waals surface area (Å²) in [4.78, 5) is 5.37. The van der Waals surface area contributed by atoms with Crippen LogP contribution in [0.2, 0.25) is 0 Å². The van der Waals surface area contributed by atoms with Crippen LogP contribution >= 0.6 is 0 Å². The molecule has 2 aliphatic heterocycles. The van der Waals surface area contributed by atoms with Crippen LogP contribution in [0.5, 0.6) is 0 Å². The third-order valence-corrected chi connectivity index (χ3v) is 4.88. The van der Waals surface area contributed by atoms with Crippen molar-refractivity contribution in [1.82, 2.24) is 9.80 Å². The maximum absolute atomic E-state index is 6.17. The zero-order chi connectivity index (χ0) is 11.0. The summed E-state index contributed by atoms with van der Waals surface area (Å²) in [7, 11) is 0. The Morgan fingerprint density at radius 3 is 2.75 bits per heavy atom. The van der Waals surface area contributed by atoms with E-state index in [1.54, 1.807) is 0 Å². The van der Waals surface area contributed by atoms with E-state index < -0.39 is 0 Å². The summed E-state index contributed by atoms with van der Waals surface area (Å²) in [6, 6.07) is 1.35. The number of nitrogens with zero attached hydrogens (tertiary/aromatic N) is 2. The van der Waals surface area contributed by atoms with Crippen LogP contribution in [0, 0.1) is 5.92 Å². The first kappa shape index (κ1) is 11.0. The minimum absolute atomic E-state index is 0.488. The molecule has 2 heterocycles. The SMILES string of the molecule is NC1CCCC1CN1CCN2CCCC2C1. The predicted octanol–water partition coefficient (Wildman–Crippen LogP) is 0.894. The highest BCUT2D eigenvalue weighted by Gasteiger charge is 2.33. The third-order valence-electron chi connectivity index (χ3n) is 4.88. The zero-order valence-corrected chi connectivity index (χ0v) is 10.3. The molecule has 3 atom stereocenters. The van der Waals surface area contributed by atoms with Gasteiger partial charge in [0.2, 0.25) is 0 Å². The van der Waals surface area contributed by atoms with E-state index in [4.69, 9.17) is 5.73 Å². The fourth-order valence-corrected chi connectivity index (χ4v) is 3.85. The fourth-order valence-electron chi connectivity index (χ4n) is 3.85. The molecule has 0 aromatic heterocycles. The normalized spacial score (nSPS) is 41.4. The van der Waals surface area contributed by atoms with Crippen molar-refractivity contribution in [2.24, 2.45) is 11.7 Å². The molecule has 0 aromatic rings. The summed E-state index contributed by atoms with van der Waals surface area (Å²) in [5, 5.41) is 0. The minimum Gasteiger partial charge on any atom is -0.327 e. The molecule has 3 rings (SSSR count). The molecular formula is C13H25N3. The number of piperazine rings is 1. The maximum Gasteiger partial charge on any atom is 0.0224 e. The lowest BCUT2D eigenvalue weighted by atomic mass is 10.0. The number of rotatable bonds is 2. The van der Waals surface area contributed by atoms with E-state index in [-0.39, 0.29) is 0 Å². The fraction of sp³-hybridized carbons (Fsp3) is 1.00. The molecule has 1 saturated carbocycles. The molecule has 3 unspecified atom stereocenters. The van der Waals surface area contributed by atoms with Gasteiger partial charge in [0.05, 0.1) is 0 Å². The van der Waals surface area contributed by atoms with E-state index >= 15 is 0 Å². The molecule has 0 spiro atoms. The van der Waals surface area contributed by atoms with E-state index in [0.717, 1.165) is 12.0 Å². The quantitative estimate of drug-likeness (QED) is 0.755. The highest BCUT2D eigenvalue weighted by molar-refractivity contribution is 4.89. The Bertz CT molecular complexity index is 243. The lowest BCUT2D eigenvalue weighted by Crippen LogP contribution is -2.52. The average molecular weight is 223 g/mol. The molecule has 0 bridgehead atoms. The van der Waals surface area contributed by atoms with Gasteiger partial charge in [-0.15, -0.1) is 0 Å². The van der Waals surface area contributed by atoms with Gasteiger partial charge >= 0.3 is 0 Å². The molecule has 2 saturated heterocycles. The summed E-state index contributed by atoms with van der Waals surface area (Å²) in [6.07, 6.45) is 6.82. The minimum atomic E-state index is 0.488. The molecule has 16 heavy (non-hydrogen) atoms. The molecule has 3 fully saturated rings. The van der Waals surface area contributed by atoms with Crippen molar-refractivity contribution in [1.29, 1.82) is 0 Å². The van der Waals surface area contributed by atoms with Gasteiger partial charge in [0, 0.05) is 38.3 Å². The highest BCUT2D eigenvalue weighted by atomic mass is 15.3. The summed E-state index contributed by atoms with van der Waals surface area (Å²) in [5.41, 5.74) is 6.17. The number of fused-ring (bicyclic) bond motifs is 1. The number of nitrogens with two attached hydrogens (primary N) is 1. The van der Waals surface area contributed by atoms with Gasteiger partial charge < -0.3 is 10.6 Å². The van der Waals surface area contributed by atoms with E-state index in [1.165, 1.54) is 64.8 Å². The van der Waals surface area contributed by atoms with Crippen molar-refractivity contribution in [3.05, 3.63) is 0 Å². The van der Waals surface area contributed by atoms with Crippen molar-refractivity contribution >= 4 is 0 Å². The highest BCUT2D eigenvalue weighted by Crippen LogP contribution is 2.27. The van der Waals surface area contributed by atoms with Crippen molar-refractivity contribution in [2.75, 3.05) is 32.7 Å². The van der Waals surface area contributed by atoms with Gasteiger partial charge in [-0.05, 0) is 38.1 Å². The average Bonchev–Trinajstić information content (AvgIpc) is 2.88. The molecule has 3 heteroatoms. The molecule has 1 aliphatic carbocycles. The van der Waals surface area contributed by atoms with E-state index in [9.17, 15) is 0 Å². The Kier molecular flexibility index (Phi) is 3.18. The Hall–Kier alpha value is -0.120. The lowest BCUT2D eigenvalue weighted by Gasteiger charge is -2.39. The van der Waals surface area contributed by atoms with E-state index in [2.05, 4.69) is 9.80 Å². The zero-order valence-electron chi connectivity index (χ0n) is 10.3. The van der Waals surface area contributed by atoms with Crippen LogP contribution in [0.15, 0.2) is 0 Å². The summed E-state index contributed by atoms with van der Waals surface area (Å²) >= 11 is 0. The standard InChI is InChI=1S/C13H25N3/c14-13-5-1-3-11(13)9-15-7-8-16-6-2-4-12(16)10-15/h11-13H,1-10,14H2. The molecule has 0 amide bonds. The summed E-state index contributed by atoms with van der Waals surface area (Å²) < 4.78 is 0. The van der Waals surface area contributed by atoms with Gasteiger partial charge in [-0.2, -0.15) is 0 Å². The van der Waals surface area contributed by atoms with Crippen molar-refractivity contribution in [2.45, 2.75) is 44.2 Å². The lowest BCUT2D eigenvalue weighted by molar-refractivity contribution is 0.0903. The smallest absolute Gasteiger partial charge is 0.0224 e. The van der Waals surface area contributed by atoms with Crippen LogP contribution in [0.1, 0.15) is 32.1 Å². The molecular weight excluding hydrogens is 198 g/mol. The van der Waals surface area contributed by atoms with Crippen LogP contribution in [0.4, 0.5) is 0 Å². The largest absolute Gasteiger partial charge is 0.327 e. The monoisotopic (exact) mass is 223 g/mol. The Morgan fingerprint density at radius 2 is 1.94 bits per heavy atom. The first-order chi connectivity index (χ1) is 7.83. The van der Waals surface area contributed by atoms with Crippen LogP contribution in [0.25, 0.3) is 0 Å². The van der Waals surface area contributed by atoms with Crippen molar-refractivity contribution in [3.8, 4) is 0 Å². The van der Waals surface area contributed by atoms with Gasteiger partial charge in [0.25, 0.3) is 0 Å². The van der Waals surface area contributed by atoms with Crippen molar-refractivity contribution in [3.63, 3.8) is 0 Å². The van der Waals surface area contributed by atoms with Crippen LogP contribution in [-0.2, 0) is 0 Å². The second-order valence-corrected chi connectivity index (χ2v) is 5.95. The predicted molar refractivity (Wildman–Crippen MR) is 66.4 cm³/mol. The first-order valence-corrected chi connectivity index (χ1v) is 7.05. The summed E-state index contributed by atoms with van der Waals surface area (Å²) in [6.45, 7) is 6.50. The topological polar surface area (TPSA) is 32.5 Å². The molecule has 0 aromatic carbocycles. The van der Waals surface area contributed by atoms with Gasteiger partial charge in [-0.25, -0.2) is 0 Å². The Morgan fingerprint density at radius 1 is 1.00 bits per heavy atom. The van der Waals surface area contributed by atoms with Crippen LogP contribution in [0.3, 0.4) is 0 Å². The second kappa shape index (κ2) is 4.63. The molecule has 0 radical (unpaired) electrons. The number of hydrogen-bond donors (Lipinski definition) is 1. The Balaban J connectivity index is 1.52. The van der Waals surface area contributed by atoms with Crippen molar-refractivity contribution < 1.29 is 0 Å². The first-order valence-electron chi connectivity index (χ1n) is 7.05. The van der Waals surface area contributed by atoms with Gasteiger partial charge in [-0.3, -0.25) is 4.90 Å². The second-order valence-electron chi connectivity index (χ2n) is 5.95.